The predicted molar refractivity (Wildman–Crippen MR) is 118 cm³/mol. The first kappa shape index (κ1) is 18.8. The van der Waals surface area contributed by atoms with Crippen LogP contribution in [0.25, 0.3) is 22.2 Å². The van der Waals surface area contributed by atoms with Gasteiger partial charge in [-0.2, -0.15) is 5.10 Å². The van der Waals surface area contributed by atoms with Gasteiger partial charge in [0, 0.05) is 30.1 Å². The van der Waals surface area contributed by atoms with Crippen LogP contribution in [0.15, 0.2) is 95.8 Å². The summed E-state index contributed by atoms with van der Waals surface area (Å²) < 4.78 is 7.41. The zero-order chi connectivity index (χ0) is 21.0. The summed E-state index contributed by atoms with van der Waals surface area (Å²) in [6, 6.07) is 25.1. The van der Waals surface area contributed by atoms with Crippen LogP contribution in [0, 0.1) is 0 Å². The largest absolute Gasteiger partial charge is 0.355 e. The number of hydrogen-bond acceptors (Lipinski definition) is 4. The number of amides is 1. The Balaban J connectivity index is 1.36. The van der Waals surface area contributed by atoms with Gasteiger partial charge in [-0.3, -0.25) is 9.48 Å². The Labute approximate surface area is 179 Å². The minimum absolute atomic E-state index is 0.143. The second-order valence-electron chi connectivity index (χ2n) is 7.26. The molecule has 0 aliphatic carbocycles. The Morgan fingerprint density at radius 1 is 0.935 bits per heavy atom. The van der Waals surface area contributed by atoms with Gasteiger partial charge in [0.05, 0.1) is 11.9 Å². The third-order valence-electron chi connectivity index (χ3n) is 5.22. The SMILES string of the molecule is O=C(NCc1ccccc1Cn1cccn1)c1ccc2noc(-c3ccccc3)c2c1. The molecule has 0 fully saturated rings. The summed E-state index contributed by atoms with van der Waals surface area (Å²) in [6.07, 6.45) is 3.68. The Hall–Kier alpha value is -4.19. The maximum atomic E-state index is 12.9. The summed E-state index contributed by atoms with van der Waals surface area (Å²) in [5, 5.41) is 12.2. The zero-order valence-corrected chi connectivity index (χ0v) is 16.7. The van der Waals surface area contributed by atoms with E-state index in [0.717, 1.165) is 27.6 Å². The molecule has 152 valence electrons. The monoisotopic (exact) mass is 408 g/mol. The van der Waals surface area contributed by atoms with Crippen molar-refractivity contribution in [2.45, 2.75) is 13.1 Å². The van der Waals surface area contributed by atoms with Crippen molar-refractivity contribution in [1.29, 1.82) is 0 Å². The molecule has 0 bridgehead atoms. The molecule has 5 rings (SSSR count). The van der Waals surface area contributed by atoms with E-state index in [0.29, 0.717) is 24.4 Å². The van der Waals surface area contributed by atoms with Crippen molar-refractivity contribution in [2.24, 2.45) is 0 Å². The van der Waals surface area contributed by atoms with Crippen LogP contribution >= 0.6 is 0 Å². The maximum absolute atomic E-state index is 12.9. The van der Waals surface area contributed by atoms with E-state index >= 15 is 0 Å². The number of carbonyl (C=O) groups is 1. The molecule has 6 nitrogen and oxygen atoms in total. The Morgan fingerprint density at radius 2 is 1.74 bits per heavy atom. The van der Waals surface area contributed by atoms with Gasteiger partial charge in [0.2, 0.25) is 0 Å². The van der Waals surface area contributed by atoms with Gasteiger partial charge in [0.1, 0.15) is 5.52 Å². The van der Waals surface area contributed by atoms with Gasteiger partial charge in [-0.15, -0.1) is 0 Å². The molecule has 1 N–H and O–H groups in total. The van der Waals surface area contributed by atoms with Crippen molar-refractivity contribution in [3.05, 3.63) is 108 Å². The Morgan fingerprint density at radius 3 is 2.55 bits per heavy atom. The van der Waals surface area contributed by atoms with Crippen LogP contribution in [-0.4, -0.2) is 20.8 Å². The summed E-state index contributed by atoms with van der Waals surface area (Å²) in [5.74, 6) is 0.519. The number of carbonyl (C=O) groups excluding carboxylic acids is 1. The molecule has 0 spiro atoms. The van der Waals surface area contributed by atoms with Crippen molar-refractivity contribution < 1.29 is 9.32 Å². The van der Waals surface area contributed by atoms with Gasteiger partial charge >= 0.3 is 0 Å². The van der Waals surface area contributed by atoms with Gasteiger partial charge in [-0.1, -0.05) is 59.8 Å². The van der Waals surface area contributed by atoms with Crippen LogP contribution in [0.4, 0.5) is 0 Å². The number of benzene rings is 3. The lowest BCUT2D eigenvalue weighted by atomic mass is 10.1. The average Bonchev–Trinajstić information content (AvgIpc) is 3.48. The lowest BCUT2D eigenvalue weighted by Gasteiger charge is -2.11. The number of hydrogen-bond donors (Lipinski definition) is 1. The molecule has 0 saturated carbocycles. The molecular weight excluding hydrogens is 388 g/mol. The molecule has 0 saturated heterocycles. The highest BCUT2D eigenvalue weighted by atomic mass is 16.5. The summed E-state index contributed by atoms with van der Waals surface area (Å²) >= 11 is 0. The molecule has 3 aromatic carbocycles. The van der Waals surface area contributed by atoms with Crippen molar-refractivity contribution in [1.82, 2.24) is 20.3 Å². The molecule has 0 unspecified atom stereocenters. The smallest absolute Gasteiger partial charge is 0.251 e. The summed E-state index contributed by atoms with van der Waals surface area (Å²) in [6.45, 7) is 1.09. The third-order valence-corrected chi connectivity index (χ3v) is 5.22. The van der Waals surface area contributed by atoms with Gasteiger partial charge in [-0.25, -0.2) is 0 Å². The summed E-state index contributed by atoms with van der Waals surface area (Å²) in [7, 11) is 0. The second-order valence-corrected chi connectivity index (χ2v) is 7.26. The van der Waals surface area contributed by atoms with Crippen molar-refractivity contribution in [3.63, 3.8) is 0 Å². The molecule has 2 aromatic heterocycles. The summed E-state index contributed by atoms with van der Waals surface area (Å²) in [4.78, 5) is 12.9. The van der Waals surface area contributed by atoms with Gasteiger partial charge < -0.3 is 9.84 Å². The Bertz CT molecular complexity index is 1320. The van der Waals surface area contributed by atoms with Crippen molar-refractivity contribution in [3.8, 4) is 11.3 Å². The fourth-order valence-electron chi connectivity index (χ4n) is 3.61. The van der Waals surface area contributed by atoms with Crippen LogP contribution in [0.2, 0.25) is 0 Å². The molecule has 0 radical (unpaired) electrons. The molecular formula is C25H20N4O2. The van der Waals surface area contributed by atoms with E-state index in [1.807, 2.05) is 77.6 Å². The maximum Gasteiger partial charge on any atom is 0.251 e. The van der Waals surface area contributed by atoms with E-state index in [1.165, 1.54) is 0 Å². The number of rotatable bonds is 6. The van der Waals surface area contributed by atoms with Crippen LogP contribution < -0.4 is 5.32 Å². The van der Waals surface area contributed by atoms with E-state index in [4.69, 9.17) is 4.52 Å². The fraction of sp³-hybridized carbons (Fsp3) is 0.0800. The molecule has 6 heteroatoms. The fourth-order valence-corrected chi connectivity index (χ4v) is 3.61. The minimum atomic E-state index is -0.143. The van der Waals surface area contributed by atoms with Crippen LogP contribution in [-0.2, 0) is 13.1 Å². The highest BCUT2D eigenvalue weighted by molar-refractivity contribution is 6.00. The molecule has 2 heterocycles. The van der Waals surface area contributed by atoms with Gasteiger partial charge in [0.25, 0.3) is 5.91 Å². The zero-order valence-electron chi connectivity index (χ0n) is 16.7. The number of aromatic nitrogens is 3. The minimum Gasteiger partial charge on any atom is -0.355 e. The lowest BCUT2D eigenvalue weighted by molar-refractivity contribution is 0.0951. The van der Waals surface area contributed by atoms with Gasteiger partial charge in [0.15, 0.2) is 5.76 Å². The van der Waals surface area contributed by atoms with Crippen molar-refractivity contribution >= 4 is 16.8 Å². The van der Waals surface area contributed by atoms with Crippen LogP contribution in [0.5, 0.6) is 0 Å². The quantitative estimate of drug-likeness (QED) is 0.443. The van der Waals surface area contributed by atoms with Crippen molar-refractivity contribution in [2.75, 3.05) is 0 Å². The molecule has 0 aliphatic rings. The topological polar surface area (TPSA) is 73.0 Å². The number of nitrogens with zero attached hydrogens (tertiary/aromatic N) is 3. The molecule has 1 amide bonds. The Kier molecular flexibility index (Phi) is 5.02. The normalized spacial score (nSPS) is 11.0. The second kappa shape index (κ2) is 8.28. The molecule has 0 atom stereocenters. The van der Waals surface area contributed by atoms with E-state index < -0.39 is 0 Å². The first-order valence-corrected chi connectivity index (χ1v) is 10.1. The molecule has 0 aliphatic heterocycles. The highest BCUT2D eigenvalue weighted by Crippen LogP contribution is 2.29. The molecule has 31 heavy (non-hydrogen) atoms. The average molecular weight is 408 g/mol. The molecule has 5 aromatic rings. The first-order chi connectivity index (χ1) is 15.3. The van der Waals surface area contributed by atoms with E-state index in [-0.39, 0.29) is 5.91 Å². The van der Waals surface area contributed by atoms with E-state index in [9.17, 15) is 4.79 Å². The first-order valence-electron chi connectivity index (χ1n) is 10.1. The van der Waals surface area contributed by atoms with Crippen LogP contribution in [0.1, 0.15) is 21.5 Å². The standard InChI is InChI=1S/C25H20N4O2/c30-25(26-16-20-9-4-5-10-21(20)17-29-14-6-13-27-29)19-11-12-23-22(15-19)24(31-28-23)18-7-2-1-3-8-18/h1-15H,16-17H2,(H,26,30). The number of nitrogens with one attached hydrogen (secondary N) is 1. The van der Waals surface area contributed by atoms with E-state index in [2.05, 4.69) is 21.6 Å². The predicted octanol–water partition coefficient (Wildman–Crippen LogP) is 4.67. The third kappa shape index (κ3) is 3.96. The van der Waals surface area contributed by atoms with E-state index in [1.54, 1.807) is 12.3 Å². The van der Waals surface area contributed by atoms with Gasteiger partial charge in [-0.05, 0) is 35.4 Å². The van der Waals surface area contributed by atoms with Crippen LogP contribution in [0.3, 0.4) is 0 Å². The highest BCUT2D eigenvalue weighted by Gasteiger charge is 2.14. The lowest BCUT2D eigenvalue weighted by Crippen LogP contribution is -2.23. The summed E-state index contributed by atoms with van der Waals surface area (Å²) in [5.41, 5.74) is 4.39. The number of fused-ring (bicyclic) bond motifs is 1.